The monoisotopic (exact) mass is 184 g/mol. The lowest BCUT2D eigenvalue weighted by atomic mass is 9.96. The molecule has 1 fully saturated rings. The first kappa shape index (κ1) is 10.7. The number of nitrogens with one attached hydrogen (secondary N) is 1. The summed E-state index contributed by atoms with van der Waals surface area (Å²) < 4.78 is 0. The van der Waals surface area contributed by atoms with E-state index in [-0.39, 0.29) is 11.8 Å². The number of hydrogen-bond donors (Lipinski definition) is 1. The molecule has 0 amide bonds. The molecule has 0 aromatic heterocycles. The van der Waals surface area contributed by atoms with Gasteiger partial charge in [-0.25, -0.2) is 0 Å². The molecule has 1 saturated heterocycles. The maximum atomic E-state index is 11.3. The molecule has 1 aliphatic rings. The van der Waals surface area contributed by atoms with Gasteiger partial charge in [-0.05, 0) is 52.9 Å². The Balaban J connectivity index is 2.41. The molecular formula is C10H20N2O. The van der Waals surface area contributed by atoms with Crippen molar-refractivity contribution in [3.8, 4) is 0 Å². The van der Waals surface area contributed by atoms with E-state index in [0.29, 0.717) is 5.92 Å². The van der Waals surface area contributed by atoms with Crippen molar-refractivity contribution in [1.82, 2.24) is 10.2 Å². The maximum absolute atomic E-state index is 11.3. The molecule has 1 heterocycles. The minimum Gasteiger partial charge on any atom is -0.316 e. The molecular weight excluding hydrogens is 164 g/mol. The van der Waals surface area contributed by atoms with Crippen LogP contribution in [-0.2, 0) is 4.79 Å². The highest BCUT2D eigenvalue weighted by molar-refractivity contribution is 5.81. The molecule has 0 spiro atoms. The topological polar surface area (TPSA) is 32.3 Å². The van der Waals surface area contributed by atoms with Crippen LogP contribution in [0.5, 0.6) is 0 Å². The Hall–Kier alpha value is -0.410. The highest BCUT2D eigenvalue weighted by Gasteiger charge is 2.23. The van der Waals surface area contributed by atoms with Gasteiger partial charge in [0, 0.05) is 0 Å². The molecule has 3 heteroatoms. The minimum absolute atomic E-state index is 0.116. The van der Waals surface area contributed by atoms with Crippen LogP contribution in [0, 0.1) is 5.92 Å². The highest BCUT2D eigenvalue weighted by atomic mass is 16.1. The summed E-state index contributed by atoms with van der Waals surface area (Å²) in [6.45, 7) is 3.88. The number of ketones is 1. The van der Waals surface area contributed by atoms with Gasteiger partial charge in [0.1, 0.15) is 5.78 Å². The largest absolute Gasteiger partial charge is 0.316 e. The van der Waals surface area contributed by atoms with Gasteiger partial charge in [0.25, 0.3) is 0 Å². The summed E-state index contributed by atoms with van der Waals surface area (Å²) in [5.41, 5.74) is 0. The molecule has 3 nitrogen and oxygen atoms in total. The minimum atomic E-state index is 0.116. The van der Waals surface area contributed by atoms with Crippen LogP contribution in [0.2, 0.25) is 0 Å². The van der Waals surface area contributed by atoms with E-state index in [1.165, 1.54) is 6.42 Å². The Morgan fingerprint density at radius 2 is 2.31 bits per heavy atom. The second-order valence-electron chi connectivity index (χ2n) is 4.18. The van der Waals surface area contributed by atoms with Crippen molar-refractivity contribution in [1.29, 1.82) is 0 Å². The quantitative estimate of drug-likeness (QED) is 0.691. The fraction of sp³-hybridized carbons (Fsp3) is 0.900. The van der Waals surface area contributed by atoms with Crippen molar-refractivity contribution >= 4 is 5.78 Å². The Morgan fingerprint density at radius 1 is 1.62 bits per heavy atom. The van der Waals surface area contributed by atoms with Crippen LogP contribution in [0.3, 0.4) is 0 Å². The number of carbonyl (C=O) groups excluding carboxylic acids is 1. The average molecular weight is 184 g/mol. The maximum Gasteiger partial charge on any atom is 0.146 e. The predicted molar refractivity (Wildman–Crippen MR) is 53.7 cm³/mol. The third-order valence-corrected chi connectivity index (χ3v) is 2.81. The van der Waals surface area contributed by atoms with E-state index in [1.807, 2.05) is 19.0 Å². The lowest BCUT2D eigenvalue weighted by Gasteiger charge is -2.24. The molecule has 0 aromatic rings. The first-order valence-corrected chi connectivity index (χ1v) is 4.99. The van der Waals surface area contributed by atoms with Crippen LogP contribution < -0.4 is 5.32 Å². The lowest BCUT2D eigenvalue weighted by Crippen LogP contribution is -2.36. The van der Waals surface area contributed by atoms with E-state index in [4.69, 9.17) is 0 Å². The summed E-state index contributed by atoms with van der Waals surface area (Å²) in [6.07, 6.45) is 2.23. The van der Waals surface area contributed by atoms with Crippen molar-refractivity contribution in [2.75, 3.05) is 27.2 Å². The van der Waals surface area contributed by atoms with E-state index in [1.54, 1.807) is 6.92 Å². The van der Waals surface area contributed by atoms with Crippen molar-refractivity contribution in [3.63, 3.8) is 0 Å². The number of rotatable bonds is 4. The lowest BCUT2D eigenvalue weighted by molar-refractivity contribution is -0.121. The molecule has 0 bridgehead atoms. The SMILES string of the molecule is CC(=O)C(CC1CCNC1)N(C)C. The summed E-state index contributed by atoms with van der Waals surface area (Å²) in [5.74, 6) is 0.980. The van der Waals surface area contributed by atoms with Crippen LogP contribution in [0.25, 0.3) is 0 Å². The van der Waals surface area contributed by atoms with Gasteiger partial charge in [-0.3, -0.25) is 9.69 Å². The van der Waals surface area contributed by atoms with Crippen LogP contribution in [0.4, 0.5) is 0 Å². The molecule has 0 radical (unpaired) electrons. The summed E-state index contributed by atoms with van der Waals surface area (Å²) >= 11 is 0. The number of nitrogens with zero attached hydrogens (tertiary/aromatic N) is 1. The second kappa shape index (κ2) is 4.72. The van der Waals surface area contributed by atoms with Gasteiger partial charge in [-0.1, -0.05) is 0 Å². The van der Waals surface area contributed by atoms with E-state index in [0.717, 1.165) is 19.5 Å². The summed E-state index contributed by atoms with van der Waals surface area (Å²) in [6, 6.07) is 0.116. The number of carbonyl (C=O) groups is 1. The predicted octanol–water partition coefficient (Wildman–Crippen LogP) is 0.505. The van der Waals surface area contributed by atoms with Crippen molar-refractivity contribution in [2.45, 2.75) is 25.8 Å². The fourth-order valence-electron chi connectivity index (χ4n) is 1.97. The molecule has 2 unspecified atom stereocenters. The van der Waals surface area contributed by atoms with E-state index >= 15 is 0 Å². The fourth-order valence-corrected chi connectivity index (χ4v) is 1.97. The summed E-state index contributed by atoms with van der Waals surface area (Å²) in [5, 5.41) is 3.33. The first-order valence-electron chi connectivity index (χ1n) is 4.99. The number of Topliss-reactive ketones (excluding diaryl/α,β-unsaturated/α-hetero) is 1. The summed E-state index contributed by atoms with van der Waals surface area (Å²) in [4.78, 5) is 13.3. The Morgan fingerprint density at radius 3 is 2.69 bits per heavy atom. The molecule has 0 aliphatic carbocycles. The molecule has 13 heavy (non-hydrogen) atoms. The van der Waals surface area contributed by atoms with E-state index in [2.05, 4.69) is 5.32 Å². The van der Waals surface area contributed by atoms with Crippen LogP contribution in [-0.4, -0.2) is 43.9 Å². The third kappa shape index (κ3) is 3.08. The molecule has 2 atom stereocenters. The highest BCUT2D eigenvalue weighted by Crippen LogP contribution is 2.17. The first-order chi connectivity index (χ1) is 6.11. The standard InChI is InChI=1S/C10H20N2O/c1-8(13)10(12(2)3)6-9-4-5-11-7-9/h9-11H,4-7H2,1-3H3. The van der Waals surface area contributed by atoms with Gasteiger partial charge in [0.2, 0.25) is 0 Å². The smallest absolute Gasteiger partial charge is 0.146 e. The van der Waals surface area contributed by atoms with Crippen molar-refractivity contribution in [2.24, 2.45) is 5.92 Å². The van der Waals surface area contributed by atoms with Crippen LogP contribution in [0.15, 0.2) is 0 Å². The van der Waals surface area contributed by atoms with Gasteiger partial charge in [-0.15, -0.1) is 0 Å². The Labute approximate surface area is 80.5 Å². The van der Waals surface area contributed by atoms with Crippen LogP contribution in [0.1, 0.15) is 19.8 Å². The molecule has 76 valence electrons. The molecule has 1 rings (SSSR count). The van der Waals surface area contributed by atoms with Gasteiger partial charge >= 0.3 is 0 Å². The second-order valence-corrected chi connectivity index (χ2v) is 4.18. The van der Waals surface area contributed by atoms with Crippen molar-refractivity contribution < 1.29 is 4.79 Å². The Kier molecular flexibility index (Phi) is 3.88. The number of hydrogen-bond acceptors (Lipinski definition) is 3. The molecule has 1 N–H and O–H groups in total. The molecule has 1 aliphatic heterocycles. The Bertz CT molecular complexity index is 174. The normalized spacial score (nSPS) is 25.1. The third-order valence-electron chi connectivity index (χ3n) is 2.81. The van der Waals surface area contributed by atoms with Crippen LogP contribution >= 0.6 is 0 Å². The van der Waals surface area contributed by atoms with Crippen molar-refractivity contribution in [3.05, 3.63) is 0 Å². The average Bonchev–Trinajstić information content (AvgIpc) is 2.50. The zero-order chi connectivity index (χ0) is 9.84. The van der Waals surface area contributed by atoms with Gasteiger partial charge in [0.05, 0.1) is 6.04 Å². The van der Waals surface area contributed by atoms with E-state index in [9.17, 15) is 4.79 Å². The van der Waals surface area contributed by atoms with Gasteiger partial charge in [-0.2, -0.15) is 0 Å². The van der Waals surface area contributed by atoms with Gasteiger partial charge in [0.15, 0.2) is 0 Å². The zero-order valence-electron chi connectivity index (χ0n) is 8.84. The molecule has 0 aromatic carbocycles. The summed E-state index contributed by atoms with van der Waals surface area (Å²) in [7, 11) is 3.96. The molecule has 0 saturated carbocycles. The van der Waals surface area contributed by atoms with E-state index < -0.39 is 0 Å². The number of likely N-dealkylation sites (N-methyl/N-ethyl adjacent to an activating group) is 1. The van der Waals surface area contributed by atoms with Gasteiger partial charge < -0.3 is 5.32 Å². The zero-order valence-corrected chi connectivity index (χ0v) is 8.84.